The molecule has 1 aliphatic heterocycles. The summed E-state index contributed by atoms with van der Waals surface area (Å²) in [7, 11) is 1.99. The first kappa shape index (κ1) is 14.8. The molecule has 1 N–H and O–H groups in total. The lowest BCUT2D eigenvalue weighted by Gasteiger charge is -2.33. The highest BCUT2D eigenvalue weighted by Crippen LogP contribution is 2.22. The van der Waals surface area contributed by atoms with Gasteiger partial charge in [0.05, 0.1) is 16.4 Å². The SMILES string of the molecule is CCCC1CN(Cc2c(Cl)c(CC)nn2C)CCN1. The predicted molar refractivity (Wildman–Crippen MR) is 79.6 cm³/mol. The molecular weight excluding hydrogens is 260 g/mol. The zero-order chi connectivity index (χ0) is 13.8. The van der Waals surface area contributed by atoms with Crippen molar-refractivity contribution in [3.8, 4) is 0 Å². The lowest BCUT2D eigenvalue weighted by molar-refractivity contribution is 0.183. The Morgan fingerprint density at radius 2 is 2.21 bits per heavy atom. The van der Waals surface area contributed by atoms with E-state index in [0.29, 0.717) is 6.04 Å². The van der Waals surface area contributed by atoms with Gasteiger partial charge < -0.3 is 5.32 Å². The Morgan fingerprint density at radius 3 is 2.84 bits per heavy atom. The quantitative estimate of drug-likeness (QED) is 0.900. The minimum atomic E-state index is 0.622. The lowest BCUT2D eigenvalue weighted by atomic mass is 10.1. The van der Waals surface area contributed by atoms with Crippen molar-refractivity contribution in [2.24, 2.45) is 7.05 Å². The molecule has 1 fully saturated rings. The highest BCUT2D eigenvalue weighted by atomic mass is 35.5. The van der Waals surface area contributed by atoms with Crippen LogP contribution in [0.3, 0.4) is 0 Å². The van der Waals surface area contributed by atoms with Crippen LogP contribution >= 0.6 is 11.6 Å². The van der Waals surface area contributed by atoms with E-state index in [-0.39, 0.29) is 0 Å². The summed E-state index contributed by atoms with van der Waals surface area (Å²) in [6.45, 7) is 8.51. The van der Waals surface area contributed by atoms with Crippen molar-refractivity contribution in [2.75, 3.05) is 19.6 Å². The van der Waals surface area contributed by atoms with E-state index in [4.69, 9.17) is 11.6 Å². The maximum absolute atomic E-state index is 6.42. The van der Waals surface area contributed by atoms with Crippen LogP contribution in [0.1, 0.15) is 38.1 Å². The molecule has 0 bridgehead atoms. The number of rotatable bonds is 5. The van der Waals surface area contributed by atoms with Gasteiger partial charge in [0.15, 0.2) is 0 Å². The van der Waals surface area contributed by atoms with Gasteiger partial charge in [0, 0.05) is 39.3 Å². The molecule has 0 amide bonds. The second-order valence-electron chi connectivity index (χ2n) is 5.36. The van der Waals surface area contributed by atoms with Gasteiger partial charge in [-0.25, -0.2) is 0 Å². The van der Waals surface area contributed by atoms with E-state index in [9.17, 15) is 0 Å². The summed E-state index contributed by atoms with van der Waals surface area (Å²) in [4.78, 5) is 2.49. The molecule has 1 saturated heterocycles. The summed E-state index contributed by atoms with van der Waals surface area (Å²) in [5.74, 6) is 0. The van der Waals surface area contributed by atoms with Gasteiger partial charge in [-0.1, -0.05) is 31.9 Å². The largest absolute Gasteiger partial charge is 0.311 e. The number of aryl methyl sites for hydroxylation is 2. The first-order valence-corrected chi connectivity index (χ1v) is 7.69. The van der Waals surface area contributed by atoms with Crippen molar-refractivity contribution < 1.29 is 0 Å². The molecule has 2 heterocycles. The van der Waals surface area contributed by atoms with Crippen LogP contribution in [0, 0.1) is 0 Å². The third kappa shape index (κ3) is 3.50. The number of nitrogens with one attached hydrogen (secondary N) is 1. The molecule has 108 valence electrons. The van der Waals surface area contributed by atoms with Crippen molar-refractivity contribution in [1.82, 2.24) is 20.0 Å². The average Bonchev–Trinajstić information content (AvgIpc) is 2.67. The van der Waals surface area contributed by atoms with Crippen LogP contribution in [-0.2, 0) is 20.0 Å². The average molecular weight is 285 g/mol. The van der Waals surface area contributed by atoms with Gasteiger partial charge in [-0.15, -0.1) is 0 Å². The molecule has 0 radical (unpaired) electrons. The highest BCUT2D eigenvalue weighted by Gasteiger charge is 2.21. The van der Waals surface area contributed by atoms with Gasteiger partial charge in [0.1, 0.15) is 0 Å². The Labute approximate surface area is 121 Å². The number of hydrogen-bond donors (Lipinski definition) is 1. The summed E-state index contributed by atoms with van der Waals surface area (Å²) in [5, 5.41) is 8.93. The molecule has 0 saturated carbocycles. The number of nitrogens with zero attached hydrogens (tertiary/aromatic N) is 3. The van der Waals surface area contributed by atoms with Crippen LogP contribution in [0.25, 0.3) is 0 Å². The second kappa shape index (κ2) is 6.73. The maximum Gasteiger partial charge on any atom is 0.0863 e. The molecule has 0 aliphatic carbocycles. The maximum atomic E-state index is 6.42. The molecule has 1 unspecified atom stereocenters. The van der Waals surface area contributed by atoms with Gasteiger partial charge in [0.2, 0.25) is 0 Å². The van der Waals surface area contributed by atoms with E-state index in [0.717, 1.165) is 49.0 Å². The van der Waals surface area contributed by atoms with Crippen LogP contribution in [0.5, 0.6) is 0 Å². The fraction of sp³-hybridized carbons (Fsp3) is 0.786. The van der Waals surface area contributed by atoms with Crippen LogP contribution in [-0.4, -0.2) is 40.4 Å². The summed E-state index contributed by atoms with van der Waals surface area (Å²) >= 11 is 6.42. The summed E-state index contributed by atoms with van der Waals surface area (Å²) in [5.41, 5.74) is 2.16. The lowest BCUT2D eigenvalue weighted by Crippen LogP contribution is -2.50. The number of aromatic nitrogens is 2. The summed E-state index contributed by atoms with van der Waals surface area (Å²) in [6.07, 6.45) is 3.38. The molecule has 19 heavy (non-hydrogen) atoms. The fourth-order valence-corrected chi connectivity index (χ4v) is 3.14. The zero-order valence-corrected chi connectivity index (χ0v) is 13.0. The first-order chi connectivity index (χ1) is 9.15. The van der Waals surface area contributed by atoms with Crippen molar-refractivity contribution >= 4 is 11.6 Å². The molecule has 1 aliphatic rings. The minimum absolute atomic E-state index is 0.622. The van der Waals surface area contributed by atoms with Gasteiger partial charge >= 0.3 is 0 Å². The highest BCUT2D eigenvalue weighted by molar-refractivity contribution is 6.31. The van der Waals surface area contributed by atoms with E-state index >= 15 is 0 Å². The van der Waals surface area contributed by atoms with E-state index in [1.54, 1.807) is 0 Å². The summed E-state index contributed by atoms with van der Waals surface area (Å²) < 4.78 is 1.94. The smallest absolute Gasteiger partial charge is 0.0863 e. The van der Waals surface area contributed by atoms with E-state index < -0.39 is 0 Å². The molecule has 4 nitrogen and oxygen atoms in total. The van der Waals surface area contributed by atoms with Crippen LogP contribution in [0.4, 0.5) is 0 Å². The predicted octanol–water partition coefficient (Wildman–Crippen LogP) is 2.21. The zero-order valence-electron chi connectivity index (χ0n) is 12.2. The summed E-state index contributed by atoms with van der Waals surface area (Å²) in [6, 6.07) is 0.622. The third-order valence-electron chi connectivity index (χ3n) is 3.85. The molecule has 0 aromatic carbocycles. The topological polar surface area (TPSA) is 33.1 Å². The van der Waals surface area contributed by atoms with Crippen molar-refractivity contribution in [3.63, 3.8) is 0 Å². The Balaban J connectivity index is 2.02. The molecule has 1 aromatic rings. The van der Waals surface area contributed by atoms with Gasteiger partial charge in [0.25, 0.3) is 0 Å². The minimum Gasteiger partial charge on any atom is -0.311 e. The van der Waals surface area contributed by atoms with Crippen LogP contribution < -0.4 is 5.32 Å². The van der Waals surface area contributed by atoms with Gasteiger partial charge in [-0.05, 0) is 12.8 Å². The molecule has 0 spiro atoms. The molecule has 1 atom stereocenters. The Hall–Kier alpha value is -0.580. The van der Waals surface area contributed by atoms with Crippen molar-refractivity contribution in [1.29, 1.82) is 0 Å². The Bertz CT molecular complexity index is 414. The van der Waals surface area contributed by atoms with Crippen LogP contribution in [0.2, 0.25) is 5.02 Å². The number of halogens is 1. The van der Waals surface area contributed by atoms with E-state index in [1.165, 1.54) is 12.8 Å². The normalized spacial score (nSPS) is 20.9. The van der Waals surface area contributed by atoms with E-state index in [2.05, 4.69) is 29.2 Å². The molecule has 1 aromatic heterocycles. The molecule has 2 rings (SSSR count). The first-order valence-electron chi connectivity index (χ1n) is 7.31. The Kier molecular flexibility index (Phi) is 5.25. The molecular formula is C14H25ClN4. The monoisotopic (exact) mass is 284 g/mol. The molecule has 5 heteroatoms. The van der Waals surface area contributed by atoms with Crippen molar-refractivity contribution in [2.45, 2.75) is 45.7 Å². The Morgan fingerprint density at radius 1 is 1.42 bits per heavy atom. The van der Waals surface area contributed by atoms with Crippen LogP contribution in [0.15, 0.2) is 0 Å². The standard InChI is InChI=1S/C14H25ClN4/c1-4-6-11-9-19(8-7-16-11)10-13-14(15)12(5-2)17-18(13)3/h11,16H,4-10H2,1-3H3. The van der Waals surface area contributed by atoms with Gasteiger partial charge in [-0.2, -0.15) is 5.10 Å². The van der Waals surface area contributed by atoms with E-state index in [1.807, 2.05) is 11.7 Å². The fourth-order valence-electron chi connectivity index (χ4n) is 2.78. The van der Waals surface area contributed by atoms with Crippen molar-refractivity contribution in [3.05, 3.63) is 16.4 Å². The van der Waals surface area contributed by atoms with Gasteiger partial charge in [-0.3, -0.25) is 9.58 Å². The second-order valence-corrected chi connectivity index (χ2v) is 5.74. The number of piperazine rings is 1. The number of hydrogen-bond acceptors (Lipinski definition) is 3. The third-order valence-corrected chi connectivity index (χ3v) is 4.29.